The molecule has 2 aromatic rings. The SMILES string of the molecule is COc1nc(N2CCN(C)CC2)ncc1Sc1ncc(C)c(N)n1. The zero-order chi connectivity index (χ0) is 17.1. The summed E-state index contributed by atoms with van der Waals surface area (Å²) in [6, 6.07) is 0. The number of nitrogens with two attached hydrogens (primary N) is 1. The lowest BCUT2D eigenvalue weighted by atomic mass is 10.3. The van der Waals surface area contributed by atoms with Gasteiger partial charge in [0.05, 0.1) is 18.2 Å². The lowest BCUT2D eigenvalue weighted by Gasteiger charge is -2.32. The summed E-state index contributed by atoms with van der Waals surface area (Å²) in [5.74, 6) is 1.68. The van der Waals surface area contributed by atoms with Crippen molar-refractivity contribution in [3.05, 3.63) is 18.0 Å². The number of ether oxygens (including phenoxy) is 1. The van der Waals surface area contributed by atoms with E-state index in [1.165, 1.54) is 11.8 Å². The fourth-order valence-electron chi connectivity index (χ4n) is 2.31. The molecule has 128 valence electrons. The van der Waals surface area contributed by atoms with Crippen LogP contribution in [0.25, 0.3) is 0 Å². The van der Waals surface area contributed by atoms with Gasteiger partial charge in [0, 0.05) is 37.9 Å². The maximum absolute atomic E-state index is 5.84. The summed E-state index contributed by atoms with van der Waals surface area (Å²) < 4.78 is 5.43. The maximum Gasteiger partial charge on any atom is 0.232 e. The molecule has 0 atom stereocenters. The molecular formula is C15H21N7OS. The van der Waals surface area contributed by atoms with E-state index in [-0.39, 0.29) is 0 Å². The summed E-state index contributed by atoms with van der Waals surface area (Å²) in [5, 5.41) is 0.548. The fraction of sp³-hybridized carbons (Fsp3) is 0.467. The molecule has 24 heavy (non-hydrogen) atoms. The number of anilines is 2. The summed E-state index contributed by atoms with van der Waals surface area (Å²) in [7, 11) is 3.72. The van der Waals surface area contributed by atoms with Crippen molar-refractivity contribution in [3.8, 4) is 5.88 Å². The number of hydrogen-bond donors (Lipinski definition) is 1. The normalized spacial score (nSPS) is 15.5. The highest BCUT2D eigenvalue weighted by molar-refractivity contribution is 7.99. The van der Waals surface area contributed by atoms with Crippen LogP contribution >= 0.6 is 11.8 Å². The highest BCUT2D eigenvalue weighted by Crippen LogP contribution is 2.32. The van der Waals surface area contributed by atoms with Gasteiger partial charge in [-0.1, -0.05) is 0 Å². The molecule has 3 rings (SSSR count). The number of nitrogens with zero attached hydrogens (tertiary/aromatic N) is 6. The smallest absolute Gasteiger partial charge is 0.232 e. The van der Waals surface area contributed by atoms with E-state index in [2.05, 4.69) is 36.8 Å². The predicted octanol–water partition coefficient (Wildman–Crippen LogP) is 1.07. The van der Waals surface area contributed by atoms with Crippen LogP contribution in [0.15, 0.2) is 22.4 Å². The number of methoxy groups -OCH3 is 1. The largest absolute Gasteiger partial charge is 0.480 e. The lowest BCUT2D eigenvalue weighted by molar-refractivity contribution is 0.310. The van der Waals surface area contributed by atoms with Crippen LogP contribution in [0.3, 0.4) is 0 Å². The van der Waals surface area contributed by atoms with Crippen LogP contribution in [0.5, 0.6) is 5.88 Å². The van der Waals surface area contributed by atoms with Crippen LogP contribution in [-0.4, -0.2) is 65.2 Å². The highest BCUT2D eigenvalue weighted by Gasteiger charge is 2.19. The van der Waals surface area contributed by atoms with Gasteiger partial charge in [-0.15, -0.1) is 0 Å². The third kappa shape index (κ3) is 3.68. The van der Waals surface area contributed by atoms with Crippen LogP contribution < -0.4 is 15.4 Å². The Labute approximate surface area is 145 Å². The predicted molar refractivity (Wildman–Crippen MR) is 93.6 cm³/mol. The molecule has 1 aliphatic heterocycles. The topological polar surface area (TPSA) is 93.3 Å². The molecular weight excluding hydrogens is 326 g/mol. The van der Waals surface area contributed by atoms with Crippen LogP contribution in [-0.2, 0) is 0 Å². The molecule has 1 saturated heterocycles. The van der Waals surface area contributed by atoms with E-state index in [9.17, 15) is 0 Å². The summed E-state index contributed by atoms with van der Waals surface area (Å²) in [4.78, 5) is 22.8. The Balaban J connectivity index is 1.80. The Hall–Kier alpha value is -2.13. The summed E-state index contributed by atoms with van der Waals surface area (Å²) >= 11 is 1.34. The van der Waals surface area contributed by atoms with Gasteiger partial charge in [0.2, 0.25) is 11.8 Å². The molecule has 0 radical (unpaired) electrons. The molecule has 0 spiro atoms. The number of rotatable bonds is 4. The number of aryl methyl sites for hydroxylation is 1. The van der Waals surface area contributed by atoms with Crippen molar-refractivity contribution in [2.75, 3.05) is 51.0 Å². The number of piperazine rings is 1. The average molecular weight is 347 g/mol. The zero-order valence-corrected chi connectivity index (χ0v) is 14.9. The van der Waals surface area contributed by atoms with Crippen molar-refractivity contribution in [2.45, 2.75) is 17.0 Å². The van der Waals surface area contributed by atoms with Crippen molar-refractivity contribution < 1.29 is 4.74 Å². The molecule has 8 nitrogen and oxygen atoms in total. The van der Waals surface area contributed by atoms with Gasteiger partial charge < -0.3 is 20.3 Å². The molecule has 0 bridgehead atoms. The standard InChI is InChI=1S/C15H21N7OS/c1-10-8-18-15(19-12(10)16)24-11-9-17-14(20-13(11)23-3)22-6-4-21(2)5-7-22/h8-9H,4-7H2,1-3H3,(H2,16,18,19). The minimum Gasteiger partial charge on any atom is -0.480 e. The summed E-state index contributed by atoms with van der Waals surface area (Å²) in [6.07, 6.45) is 3.46. The Morgan fingerprint density at radius 3 is 2.54 bits per heavy atom. The first-order chi connectivity index (χ1) is 11.6. The highest BCUT2D eigenvalue weighted by atomic mass is 32.2. The van der Waals surface area contributed by atoms with Crippen LogP contribution in [0.4, 0.5) is 11.8 Å². The monoisotopic (exact) mass is 347 g/mol. The molecule has 0 aromatic carbocycles. The number of aromatic nitrogens is 4. The second kappa shape index (κ2) is 7.18. The van der Waals surface area contributed by atoms with E-state index in [1.54, 1.807) is 19.5 Å². The van der Waals surface area contributed by atoms with Gasteiger partial charge in [0.15, 0.2) is 5.16 Å². The van der Waals surface area contributed by atoms with Gasteiger partial charge in [-0.05, 0) is 25.7 Å². The van der Waals surface area contributed by atoms with E-state index in [0.29, 0.717) is 22.8 Å². The average Bonchev–Trinajstić information content (AvgIpc) is 2.59. The quantitative estimate of drug-likeness (QED) is 0.815. The molecule has 2 aromatic heterocycles. The first kappa shape index (κ1) is 16.7. The van der Waals surface area contributed by atoms with E-state index >= 15 is 0 Å². The van der Waals surface area contributed by atoms with Crippen LogP contribution in [0.2, 0.25) is 0 Å². The Morgan fingerprint density at radius 1 is 1.12 bits per heavy atom. The number of likely N-dealkylation sites (N-methyl/N-ethyl adjacent to an activating group) is 1. The Kier molecular flexibility index (Phi) is 5.00. The van der Waals surface area contributed by atoms with Gasteiger partial charge >= 0.3 is 0 Å². The number of nitrogen functional groups attached to an aromatic ring is 1. The lowest BCUT2D eigenvalue weighted by Crippen LogP contribution is -2.45. The van der Waals surface area contributed by atoms with E-state index < -0.39 is 0 Å². The van der Waals surface area contributed by atoms with Crippen molar-refractivity contribution >= 4 is 23.5 Å². The number of hydrogen-bond acceptors (Lipinski definition) is 9. The first-order valence-electron chi connectivity index (χ1n) is 7.68. The third-order valence-electron chi connectivity index (χ3n) is 3.88. The minimum absolute atomic E-state index is 0.474. The van der Waals surface area contributed by atoms with Crippen molar-refractivity contribution in [1.82, 2.24) is 24.8 Å². The fourth-order valence-corrected chi connectivity index (χ4v) is 3.08. The van der Waals surface area contributed by atoms with E-state index in [1.807, 2.05) is 6.92 Å². The summed E-state index contributed by atoms with van der Waals surface area (Å²) in [5.41, 5.74) is 6.69. The van der Waals surface area contributed by atoms with Gasteiger partial charge in [-0.25, -0.2) is 15.0 Å². The molecule has 1 aliphatic rings. The van der Waals surface area contributed by atoms with Crippen LogP contribution in [0, 0.1) is 6.92 Å². The second-order valence-corrected chi connectivity index (χ2v) is 6.67. The van der Waals surface area contributed by atoms with Crippen LogP contribution in [0.1, 0.15) is 5.56 Å². The Morgan fingerprint density at radius 2 is 1.88 bits per heavy atom. The molecule has 2 N–H and O–H groups in total. The summed E-state index contributed by atoms with van der Waals surface area (Å²) in [6.45, 7) is 5.68. The molecule has 0 unspecified atom stereocenters. The molecule has 0 amide bonds. The Bertz CT molecular complexity index is 719. The van der Waals surface area contributed by atoms with Gasteiger partial charge in [-0.3, -0.25) is 0 Å². The third-order valence-corrected chi connectivity index (χ3v) is 4.76. The van der Waals surface area contributed by atoms with Crippen molar-refractivity contribution in [2.24, 2.45) is 0 Å². The molecule has 9 heteroatoms. The van der Waals surface area contributed by atoms with Gasteiger partial charge in [-0.2, -0.15) is 4.98 Å². The molecule has 1 fully saturated rings. The van der Waals surface area contributed by atoms with Crippen molar-refractivity contribution in [1.29, 1.82) is 0 Å². The molecule has 0 aliphatic carbocycles. The molecule has 3 heterocycles. The first-order valence-corrected chi connectivity index (χ1v) is 8.50. The second-order valence-electron chi connectivity index (χ2n) is 5.66. The minimum atomic E-state index is 0.474. The van der Waals surface area contributed by atoms with Gasteiger partial charge in [0.1, 0.15) is 5.82 Å². The molecule has 0 saturated carbocycles. The van der Waals surface area contributed by atoms with E-state index in [4.69, 9.17) is 10.5 Å². The zero-order valence-electron chi connectivity index (χ0n) is 14.1. The van der Waals surface area contributed by atoms with Gasteiger partial charge in [0.25, 0.3) is 0 Å². The van der Waals surface area contributed by atoms with E-state index in [0.717, 1.165) is 36.6 Å². The maximum atomic E-state index is 5.84. The van der Waals surface area contributed by atoms with Crippen molar-refractivity contribution in [3.63, 3.8) is 0 Å².